The van der Waals surface area contributed by atoms with Crippen molar-refractivity contribution in [3.63, 3.8) is 0 Å². The molecule has 0 aliphatic carbocycles. The lowest BCUT2D eigenvalue weighted by atomic mass is 10.2. The molecule has 0 fully saturated rings. The largest absolute Gasteiger partial charge is 0.260 e. The molecule has 0 aliphatic rings. The van der Waals surface area contributed by atoms with Gasteiger partial charge in [0.2, 0.25) is 10.0 Å². The summed E-state index contributed by atoms with van der Waals surface area (Å²) < 4.78 is 22.3. The SMILES string of the molecule is CCCCc1ncccc1S(N)(=O)=O. The van der Waals surface area contributed by atoms with E-state index in [1.807, 2.05) is 6.92 Å². The number of hydrogen-bond acceptors (Lipinski definition) is 3. The summed E-state index contributed by atoms with van der Waals surface area (Å²) in [6.07, 6.45) is 4.16. The normalized spacial score (nSPS) is 11.6. The van der Waals surface area contributed by atoms with Gasteiger partial charge in [0.05, 0.1) is 5.69 Å². The van der Waals surface area contributed by atoms with Gasteiger partial charge in [0.15, 0.2) is 0 Å². The van der Waals surface area contributed by atoms with Crippen LogP contribution in [-0.4, -0.2) is 13.4 Å². The van der Waals surface area contributed by atoms with Gasteiger partial charge in [-0.25, -0.2) is 13.6 Å². The molecule has 14 heavy (non-hydrogen) atoms. The first-order valence-electron chi connectivity index (χ1n) is 4.52. The van der Waals surface area contributed by atoms with Crippen LogP contribution in [0.4, 0.5) is 0 Å². The fourth-order valence-corrected chi connectivity index (χ4v) is 1.97. The molecule has 1 aromatic rings. The first-order chi connectivity index (χ1) is 6.55. The number of aryl methyl sites for hydroxylation is 1. The molecule has 5 heteroatoms. The number of sulfonamides is 1. The van der Waals surface area contributed by atoms with Gasteiger partial charge in [-0.05, 0) is 25.0 Å². The Morgan fingerprint density at radius 3 is 2.79 bits per heavy atom. The molecule has 0 amide bonds. The average Bonchev–Trinajstić information content (AvgIpc) is 2.14. The van der Waals surface area contributed by atoms with Crippen molar-refractivity contribution in [3.05, 3.63) is 24.0 Å². The number of rotatable bonds is 4. The lowest BCUT2D eigenvalue weighted by molar-refractivity contribution is 0.595. The first-order valence-corrected chi connectivity index (χ1v) is 6.07. The summed E-state index contributed by atoms with van der Waals surface area (Å²) >= 11 is 0. The average molecular weight is 214 g/mol. The summed E-state index contributed by atoms with van der Waals surface area (Å²) in [6.45, 7) is 2.04. The molecule has 1 rings (SSSR count). The van der Waals surface area contributed by atoms with Crippen LogP contribution in [0.15, 0.2) is 23.2 Å². The highest BCUT2D eigenvalue weighted by Gasteiger charge is 2.13. The van der Waals surface area contributed by atoms with E-state index in [0.29, 0.717) is 12.1 Å². The van der Waals surface area contributed by atoms with Crippen molar-refractivity contribution in [1.29, 1.82) is 0 Å². The smallest absolute Gasteiger partial charge is 0.239 e. The second-order valence-electron chi connectivity index (χ2n) is 3.10. The first kappa shape index (κ1) is 11.1. The summed E-state index contributed by atoms with van der Waals surface area (Å²) in [7, 11) is -3.63. The van der Waals surface area contributed by atoms with E-state index >= 15 is 0 Å². The molecular weight excluding hydrogens is 200 g/mol. The van der Waals surface area contributed by atoms with Crippen molar-refractivity contribution in [2.75, 3.05) is 0 Å². The van der Waals surface area contributed by atoms with Crippen LogP contribution in [0.1, 0.15) is 25.5 Å². The van der Waals surface area contributed by atoms with Gasteiger partial charge in [-0.2, -0.15) is 0 Å². The summed E-state index contributed by atoms with van der Waals surface area (Å²) in [5.74, 6) is 0. The highest BCUT2D eigenvalue weighted by atomic mass is 32.2. The number of hydrogen-bond donors (Lipinski definition) is 1. The topological polar surface area (TPSA) is 73.0 Å². The summed E-state index contributed by atoms with van der Waals surface area (Å²) in [5, 5.41) is 5.06. The molecule has 0 atom stereocenters. The maximum atomic E-state index is 11.2. The Morgan fingerprint density at radius 2 is 2.21 bits per heavy atom. The quantitative estimate of drug-likeness (QED) is 0.814. The molecule has 0 aliphatic heterocycles. The van der Waals surface area contributed by atoms with Crippen molar-refractivity contribution >= 4 is 10.0 Å². The predicted molar refractivity (Wildman–Crippen MR) is 54.2 cm³/mol. The molecule has 0 unspecified atom stereocenters. The van der Waals surface area contributed by atoms with Crippen LogP contribution in [0.5, 0.6) is 0 Å². The predicted octanol–water partition coefficient (Wildman–Crippen LogP) is 1.07. The third-order valence-corrected chi connectivity index (χ3v) is 2.91. The van der Waals surface area contributed by atoms with Crippen LogP contribution in [0.25, 0.3) is 0 Å². The van der Waals surface area contributed by atoms with Gasteiger partial charge in [0.25, 0.3) is 0 Å². The summed E-state index contributed by atoms with van der Waals surface area (Å²) in [5.41, 5.74) is 0.567. The number of nitrogens with zero attached hydrogens (tertiary/aromatic N) is 1. The zero-order valence-electron chi connectivity index (χ0n) is 8.10. The van der Waals surface area contributed by atoms with E-state index in [0.717, 1.165) is 12.8 Å². The Kier molecular flexibility index (Phi) is 3.60. The van der Waals surface area contributed by atoms with Gasteiger partial charge in [0.1, 0.15) is 4.90 Å². The molecule has 78 valence electrons. The zero-order chi connectivity index (χ0) is 10.6. The molecule has 0 bridgehead atoms. The number of unbranched alkanes of at least 4 members (excludes halogenated alkanes) is 1. The second kappa shape index (κ2) is 4.52. The second-order valence-corrected chi connectivity index (χ2v) is 4.63. The van der Waals surface area contributed by atoms with Gasteiger partial charge >= 0.3 is 0 Å². The maximum Gasteiger partial charge on any atom is 0.239 e. The van der Waals surface area contributed by atoms with Crippen LogP contribution in [0.3, 0.4) is 0 Å². The fourth-order valence-electron chi connectivity index (χ4n) is 1.21. The molecule has 0 aromatic carbocycles. The Hall–Kier alpha value is -0.940. The van der Waals surface area contributed by atoms with Crippen LogP contribution in [0, 0.1) is 0 Å². The minimum Gasteiger partial charge on any atom is -0.260 e. The van der Waals surface area contributed by atoms with Crippen molar-refractivity contribution in [2.45, 2.75) is 31.1 Å². The molecule has 2 N–H and O–H groups in total. The van der Waals surface area contributed by atoms with E-state index in [1.165, 1.54) is 6.07 Å². The zero-order valence-corrected chi connectivity index (χ0v) is 8.92. The van der Waals surface area contributed by atoms with Gasteiger partial charge in [-0.15, -0.1) is 0 Å². The molecule has 0 spiro atoms. The van der Waals surface area contributed by atoms with Crippen molar-refractivity contribution < 1.29 is 8.42 Å². The standard InChI is InChI=1S/C9H14N2O2S/c1-2-3-5-8-9(14(10,12)13)6-4-7-11-8/h4,6-7H,2-3,5H2,1H3,(H2,10,12,13). The fraction of sp³-hybridized carbons (Fsp3) is 0.444. The summed E-state index contributed by atoms with van der Waals surface area (Å²) in [4.78, 5) is 4.17. The van der Waals surface area contributed by atoms with Crippen LogP contribution in [-0.2, 0) is 16.4 Å². The van der Waals surface area contributed by atoms with Crippen molar-refractivity contribution in [2.24, 2.45) is 5.14 Å². The van der Waals surface area contributed by atoms with E-state index in [2.05, 4.69) is 4.98 Å². The monoisotopic (exact) mass is 214 g/mol. The molecular formula is C9H14N2O2S. The van der Waals surface area contributed by atoms with Gasteiger partial charge in [0, 0.05) is 6.20 Å². The van der Waals surface area contributed by atoms with E-state index in [4.69, 9.17) is 5.14 Å². The minimum absolute atomic E-state index is 0.147. The third-order valence-electron chi connectivity index (χ3n) is 1.92. The summed E-state index contributed by atoms with van der Waals surface area (Å²) in [6, 6.07) is 3.07. The maximum absolute atomic E-state index is 11.2. The van der Waals surface area contributed by atoms with E-state index in [9.17, 15) is 8.42 Å². The van der Waals surface area contributed by atoms with Crippen LogP contribution < -0.4 is 5.14 Å². The van der Waals surface area contributed by atoms with Crippen molar-refractivity contribution in [1.82, 2.24) is 4.98 Å². The number of pyridine rings is 1. The Balaban J connectivity index is 3.04. The Labute approximate surface area is 84.2 Å². The highest BCUT2D eigenvalue weighted by molar-refractivity contribution is 7.89. The molecule has 1 aromatic heterocycles. The van der Waals surface area contributed by atoms with Crippen LogP contribution in [0.2, 0.25) is 0 Å². The molecule has 0 saturated carbocycles. The van der Waals surface area contributed by atoms with E-state index in [-0.39, 0.29) is 4.90 Å². The lowest BCUT2D eigenvalue weighted by Gasteiger charge is -2.04. The highest BCUT2D eigenvalue weighted by Crippen LogP contribution is 2.13. The van der Waals surface area contributed by atoms with Gasteiger partial charge in [-0.1, -0.05) is 13.3 Å². The lowest BCUT2D eigenvalue weighted by Crippen LogP contribution is -2.15. The molecule has 4 nitrogen and oxygen atoms in total. The molecule has 0 radical (unpaired) electrons. The van der Waals surface area contributed by atoms with E-state index in [1.54, 1.807) is 12.3 Å². The van der Waals surface area contributed by atoms with Crippen LogP contribution >= 0.6 is 0 Å². The minimum atomic E-state index is -3.63. The van der Waals surface area contributed by atoms with Gasteiger partial charge in [-0.3, -0.25) is 4.98 Å². The van der Waals surface area contributed by atoms with E-state index < -0.39 is 10.0 Å². The Morgan fingerprint density at radius 1 is 1.50 bits per heavy atom. The molecule has 1 heterocycles. The number of aromatic nitrogens is 1. The van der Waals surface area contributed by atoms with Gasteiger partial charge < -0.3 is 0 Å². The molecule has 0 saturated heterocycles. The third kappa shape index (κ3) is 2.78. The Bertz CT molecular complexity index is 401. The number of primary sulfonamides is 1. The van der Waals surface area contributed by atoms with Crippen molar-refractivity contribution in [3.8, 4) is 0 Å². The number of nitrogens with two attached hydrogens (primary N) is 1.